The van der Waals surface area contributed by atoms with Crippen LogP contribution in [0, 0.1) is 0 Å². The number of carbonyl (C=O) groups is 1. The van der Waals surface area contributed by atoms with Gasteiger partial charge in [0.1, 0.15) is 18.0 Å². The van der Waals surface area contributed by atoms with Crippen LogP contribution in [-0.4, -0.2) is 29.9 Å². The van der Waals surface area contributed by atoms with Crippen LogP contribution < -0.4 is 20.3 Å². The summed E-state index contributed by atoms with van der Waals surface area (Å²) in [5.74, 6) is 0.618. The van der Waals surface area contributed by atoms with Crippen molar-refractivity contribution >= 4 is 23.2 Å². The average Bonchev–Trinajstić information content (AvgIpc) is 2.70. The monoisotopic (exact) mass is 399 g/mol. The molecule has 1 N–H and O–H groups in total. The van der Waals surface area contributed by atoms with Gasteiger partial charge in [-0.25, -0.2) is 4.68 Å². The van der Waals surface area contributed by atoms with Gasteiger partial charge in [0.2, 0.25) is 5.91 Å². The predicted octanol–water partition coefficient (Wildman–Crippen LogP) is 3.22. The third-order valence-corrected chi connectivity index (χ3v) is 4.32. The molecule has 0 aliphatic rings. The summed E-state index contributed by atoms with van der Waals surface area (Å²) in [6, 6.07) is 15.1. The molecule has 1 amide bonds. The minimum Gasteiger partial charge on any atom is -0.497 e. The Kier molecular flexibility index (Phi) is 5.96. The van der Waals surface area contributed by atoms with Gasteiger partial charge >= 0.3 is 0 Å². The second kappa shape index (κ2) is 8.58. The number of methoxy groups -OCH3 is 2. The minimum atomic E-state index is -0.422. The van der Waals surface area contributed by atoms with Crippen molar-refractivity contribution in [3.63, 3.8) is 0 Å². The summed E-state index contributed by atoms with van der Waals surface area (Å²) in [4.78, 5) is 24.6. The summed E-state index contributed by atoms with van der Waals surface area (Å²) < 4.78 is 11.5. The molecule has 0 aliphatic heterocycles. The molecule has 8 heteroatoms. The Bertz CT molecular complexity index is 1070. The van der Waals surface area contributed by atoms with Crippen LogP contribution in [0.2, 0.25) is 5.02 Å². The van der Waals surface area contributed by atoms with Crippen LogP contribution in [0.4, 0.5) is 5.69 Å². The molecular formula is C20H18ClN3O4. The maximum Gasteiger partial charge on any atom is 0.267 e. The van der Waals surface area contributed by atoms with Gasteiger partial charge < -0.3 is 14.8 Å². The van der Waals surface area contributed by atoms with Crippen LogP contribution in [0.3, 0.4) is 0 Å². The highest BCUT2D eigenvalue weighted by Gasteiger charge is 2.12. The normalized spacial score (nSPS) is 10.4. The first-order valence-electron chi connectivity index (χ1n) is 8.37. The van der Waals surface area contributed by atoms with E-state index in [1.54, 1.807) is 42.5 Å². The third-order valence-electron chi connectivity index (χ3n) is 3.99. The quantitative estimate of drug-likeness (QED) is 0.688. The van der Waals surface area contributed by atoms with E-state index in [0.29, 0.717) is 33.5 Å². The molecule has 0 radical (unpaired) electrons. The zero-order valence-electron chi connectivity index (χ0n) is 15.3. The van der Waals surface area contributed by atoms with Gasteiger partial charge in [-0.1, -0.05) is 29.8 Å². The van der Waals surface area contributed by atoms with Crippen LogP contribution in [0.15, 0.2) is 59.4 Å². The number of benzene rings is 2. The second-order valence-corrected chi connectivity index (χ2v) is 6.22. The third kappa shape index (κ3) is 4.32. The molecule has 0 saturated carbocycles. The van der Waals surface area contributed by atoms with Crippen molar-refractivity contribution in [2.24, 2.45) is 0 Å². The molecule has 28 heavy (non-hydrogen) atoms. The summed E-state index contributed by atoms with van der Waals surface area (Å²) >= 11 is 6.19. The molecule has 0 unspecified atom stereocenters. The van der Waals surface area contributed by atoms with Crippen molar-refractivity contribution < 1.29 is 14.3 Å². The lowest BCUT2D eigenvalue weighted by Crippen LogP contribution is -2.29. The summed E-state index contributed by atoms with van der Waals surface area (Å²) in [5, 5.41) is 7.48. The Labute approximate surface area is 166 Å². The van der Waals surface area contributed by atoms with E-state index in [0.717, 1.165) is 4.68 Å². The fourth-order valence-corrected chi connectivity index (χ4v) is 2.83. The molecule has 0 bridgehead atoms. The smallest absolute Gasteiger partial charge is 0.267 e. The Hall–Kier alpha value is -3.32. The summed E-state index contributed by atoms with van der Waals surface area (Å²) in [5.41, 5.74) is 1.24. The van der Waals surface area contributed by atoms with Gasteiger partial charge in [-0.2, -0.15) is 5.10 Å². The number of amides is 1. The maximum absolute atomic E-state index is 12.4. The molecule has 0 saturated heterocycles. The summed E-state index contributed by atoms with van der Waals surface area (Å²) in [6.07, 6.45) is 0. The number of nitrogens with zero attached hydrogens (tertiary/aromatic N) is 2. The van der Waals surface area contributed by atoms with E-state index in [2.05, 4.69) is 10.4 Å². The topological polar surface area (TPSA) is 82.5 Å². The van der Waals surface area contributed by atoms with Gasteiger partial charge in [0, 0.05) is 17.7 Å². The zero-order chi connectivity index (χ0) is 20.1. The lowest BCUT2D eigenvalue weighted by molar-refractivity contribution is -0.117. The number of halogens is 1. The molecule has 1 aromatic heterocycles. The Morgan fingerprint density at radius 2 is 1.89 bits per heavy atom. The molecule has 0 fully saturated rings. The number of aromatic nitrogens is 2. The van der Waals surface area contributed by atoms with Crippen LogP contribution in [0.5, 0.6) is 11.5 Å². The van der Waals surface area contributed by atoms with Crippen molar-refractivity contribution in [3.8, 4) is 22.8 Å². The molecule has 0 spiro atoms. The van der Waals surface area contributed by atoms with Gasteiger partial charge in [0.05, 0.1) is 30.6 Å². The van der Waals surface area contributed by atoms with Crippen LogP contribution >= 0.6 is 11.6 Å². The molecule has 0 atom stereocenters. The van der Waals surface area contributed by atoms with Crippen LogP contribution in [-0.2, 0) is 11.3 Å². The van der Waals surface area contributed by atoms with E-state index in [1.165, 1.54) is 20.3 Å². The van der Waals surface area contributed by atoms with Crippen molar-refractivity contribution in [2.75, 3.05) is 19.5 Å². The van der Waals surface area contributed by atoms with Crippen molar-refractivity contribution in [1.82, 2.24) is 9.78 Å². The minimum absolute atomic E-state index is 0.258. The molecule has 7 nitrogen and oxygen atoms in total. The first-order chi connectivity index (χ1) is 13.5. The Morgan fingerprint density at radius 1 is 1.11 bits per heavy atom. The van der Waals surface area contributed by atoms with Crippen molar-refractivity contribution in [2.45, 2.75) is 6.54 Å². The van der Waals surface area contributed by atoms with Gasteiger partial charge in [0.25, 0.3) is 5.56 Å². The summed E-state index contributed by atoms with van der Waals surface area (Å²) in [6.45, 7) is -0.258. The standard InChI is InChI=1S/C20H18ClN3O4/c1-27-13-7-8-17(18(11-13)28-2)22-19(25)12-24-20(26)10-9-16(23-24)14-5-3-4-6-15(14)21/h3-11H,12H2,1-2H3,(H,22,25). The lowest BCUT2D eigenvalue weighted by atomic mass is 10.1. The van der Waals surface area contributed by atoms with E-state index in [4.69, 9.17) is 21.1 Å². The fourth-order valence-electron chi connectivity index (χ4n) is 2.60. The average molecular weight is 400 g/mol. The number of nitrogens with one attached hydrogen (secondary N) is 1. The zero-order valence-corrected chi connectivity index (χ0v) is 16.1. The maximum atomic E-state index is 12.4. The highest BCUT2D eigenvalue weighted by atomic mass is 35.5. The first kappa shape index (κ1) is 19.4. The van der Waals surface area contributed by atoms with Crippen LogP contribution in [0.25, 0.3) is 11.3 Å². The van der Waals surface area contributed by atoms with E-state index < -0.39 is 11.5 Å². The predicted molar refractivity (Wildman–Crippen MR) is 107 cm³/mol. The molecule has 3 rings (SSSR count). The van der Waals surface area contributed by atoms with E-state index >= 15 is 0 Å². The van der Waals surface area contributed by atoms with Gasteiger partial charge in [-0.05, 0) is 24.3 Å². The first-order valence-corrected chi connectivity index (χ1v) is 8.74. The Balaban J connectivity index is 1.82. The van der Waals surface area contributed by atoms with E-state index in [-0.39, 0.29) is 6.54 Å². The largest absolute Gasteiger partial charge is 0.497 e. The SMILES string of the molecule is COc1ccc(NC(=O)Cn2nc(-c3ccccc3Cl)ccc2=O)c(OC)c1. The fraction of sp³-hybridized carbons (Fsp3) is 0.150. The summed E-state index contributed by atoms with van der Waals surface area (Å²) in [7, 11) is 3.03. The van der Waals surface area contributed by atoms with E-state index in [9.17, 15) is 9.59 Å². The van der Waals surface area contributed by atoms with Gasteiger partial charge in [-0.15, -0.1) is 0 Å². The second-order valence-electron chi connectivity index (χ2n) is 5.81. The number of carbonyl (C=O) groups excluding carboxylic acids is 1. The lowest BCUT2D eigenvalue weighted by Gasteiger charge is -2.12. The molecule has 1 heterocycles. The van der Waals surface area contributed by atoms with Crippen molar-refractivity contribution in [3.05, 3.63) is 70.0 Å². The molecular weight excluding hydrogens is 382 g/mol. The highest BCUT2D eigenvalue weighted by Crippen LogP contribution is 2.29. The number of ether oxygens (including phenoxy) is 2. The Morgan fingerprint density at radius 3 is 2.61 bits per heavy atom. The number of rotatable bonds is 6. The molecule has 144 valence electrons. The van der Waals surface area contributed by atoms with Crippen molar-refractivity contribution in [1.29, 1.82) is 0 Å². The number of hydrogen-bond donors (Lipinski definition) is 1. The molecule has 3 aromatic rings. The molecule has 0 aliphatic carbocycles. The molecule has 2 aromatic carbocycles. The number of anilines is 1. The van der Waals surface area contributed by atoms with E-state index in [1.807, 2.05) is 6.07 Å². The number of hydrogen-bond acceptors (Lipinski definition) is 5. The van der Waals surface area contributed by atoms with Gasteiger partial charge in [0.15, 0.2) is 0 Å². The highest BCUT2D eigenvalue weighted by molar-refractivity contribution is 6.33. The van der Waals surface area contributed by atoms with Crippen LogP contribution in [0.1, 0.15) is 0 Å². The van der Waals surface area contributed by atoms with Gasteiger partial charge in [-0.3, -0.25) is 9.59 Å².